The number of phosphoric ester groups is 1. The first-order valence-electron chi connectivity index (χ1n) is 32.8. The van der Waals surface area contributed by atoms with Crippen LogP contribution in [0.4, 0.5) is 0 Å². The van der Waals surface area contributed by atoms with Crippen molar-refractivity contribution in [3.63, 3.8) is 0 Å². The molecule has 0 saturated heterocycles. The third-order valence-corrected chi connectivity index (χ3v) is 15.1. The van der Waals surface area contributed by atoms with Gasteiger partial charge in [-0.25, -0.2) is 4.57 Å². The lowest BCUT2D eigenvalue weighted by Gasteiger charge is -2.21. The van der Waals surface area contributed by atoms with E-state index in [2.05, 4.69) is 93.7 Å². The van der Waals surface area contributed by atoms with Crippen molar-refractivity contribution < 1.29 is 52.2 Å². The lowest BCUT2D eigenvalue weighted by Crippen LogP contribution is -2.30. The van der Waals surface area contributed by atoms with Gasteiger partial charge in [-0.05, 0) is 89.9 Å². The molecule has 0 aromatic rings. The first-order chi connectivity index (χ1) is 39.2. The highest BCUT2D eigenvalue weighted by molar-refractivity contribution is 7.47. The van der Waals surface area contributed by atoms with Gasteiger partial charge in [0.2, 0.25) is 0 Å². The summed E-state index contributed by atoms with van der Waals surface area (Å²) < 4.78 is 39.7. The van der Waals surface area contributed by atoms with Crippen LogP contribution in [0.1, 0.15) is 303 Å². The first kappa shape index (κ1) is 76.9. The highest BCUT2D eigenvalue weighted by Crippen LogP contribution is 2.43. The smallest absolute Gasteiger partial charge is 0.462 e. The van der Waals surface area contributed by atoms with E-state index in [1.165, 1.54) is 128 Å². The average molecular weight is 1150 g/mol. The maximum absolute atomic E-state index is 13.0. The molecule has 0 saturated carbocycles. The molecule has 0 bridgehead atoms. The van der Waals surface area contributed by atoms with Crippen LogP contribution >= 0.6 is 7.82 Å². The second kappa shape index (κ2) is 62.0. The number of allylic oxidation sites excluding steroid dienone is 12. The Morgan fingerprint density at radius 3 is 1.02 bits per heavy atom. The Morgan fingerprint density at radius 2 is 0.650 bits per heavy atom. The summed E-state index contributed by atoms with van der Waals surface area (Å²) in [5.41, 5.74) is 0. The molecule has 0 fully saturated rings. The van der Waals surface area contributed by atoms with Crippen LogP contribution < -0.4 is 0 Å². The zero-order chi connectivity index (χ0) is 58.3. The van der Waals surface area contributed by atoms with E-state index in [1.807, 2.05) is 0 Å². The normalized spacial score (nSPS) is 13.7. The molecule has 0 spiro atoms. The third kappa shape index (κ3) is 59.5. The molecule has 0 rings (SSSR count). The number of unbranched alkanes of at least 4 members (excludes halogenated alkanes) is 32. The van der Waals surface area contributed by atoms with Crippen molar-refractivity contribution in [1.82, 2.24) is 0 Å². The Morgan fingerprint density at radius 1 is 0.362 bits per heavy atom. The van der Waals surface area contributed by atoms with Gasteiger partial charge < -0.3 is 24.2 Å². The standard InChI is InChI=1S/C68H121O11P/c1-4-7-10-13-16-19-22-25-28-31-32-35-38-41-44-47-50-53-56-59-68(72)79-65(61-75-66(70)57-54-51-48-45-42-39-36-33-29-26-23-20-17-14-11-8-5-2)63-77-80(73,74)76-62-64(60-69)78-67(71)58-55-52-49-46-43-40-37-34-30-27-24-21-18-15-12-9-6-3/h7,10,16-17,19-20,25-26,28-29,32,35,64-65,69H,4-6,8-9,11-15,18,21-24,27,30-31,33-34,36-63H2,1-3H3,(H,73,74)/b10-7-,19-16-,20-17-,28-25-,29-26-,35-32-. The molecule has 3 unspecified atom stereocenters. The molecular formula is C68H121O11P. The average Bonchev–Trinajstić information content (AvgIpc) is 3.45. The fourth-order valence-corrected chi connectivity index (χ4v) is 9.93. The topological polar surface area (TPSA) is 155 Å². The highest BCUT2D eigenvalue weighted by atomic mass is 31.2. The van der Waals surface area contributed by atoms with E-state index in [4.69, 9.17) is 23.3 Å². The molecule has 0 amide bonds. The maximum atomic E-state index is 13.0. The van der Waals surface area contributed by atoms with Gasteiger partial charge in [0.25, 0.3) is 0 Å². The Hall–Kier alpha value is -3.08. The Bertz CT molecular complexity index is 1620. The van der Waals surface area contributed by atoms with E-state index in [0.717, 1.165) is 116 Å². The minimum absolute atomic E-state index is 0.149. The minimum atomic E-state index is -4.76. The molecule has 464 valence electrons. The second-order valence-electron chi connectivity index (χ2n) is 21.9. The molecule has 3 atom stereocenters. The Balaban J connectivity index is 4.71. The summed E-state index contributed by atoms with van der Waals surface area (Å²) in [6, 6.07) is 0. The van der Waals surface area contributed by atoms with Gasteiger partial charge in [0.1, 0.15) is 12.7 Å². The van der Waals surface area contributed by atoms with Crippen LogP contribution in [0, 0.1) is 0 Å². The molecule has 11 nitrogen and oxygen atoms in total. The van der Waals surface area contributed by atoms with E-state index in [9.17, 15) is 28.9 Å². The largest absolute Gasteiger partial charge is 0.472 e. The zero-order valence-electron chi connectivity index (χ0n) is 51.5. The summed E-state index contributed by atoms with van der Waals surface area (Å²) in [6.07, 6.45) is 71.3. The molecule has 80 heavy (non-hydrogen) atoms. The van der Waals surface area contributed by atoms with Crippen molar-refractivity contribution in [2.24, 2.45) is 0 Å². The Labute approximate surface area is 490 Å². The van der Waals surface area contributed by atoms with Crippen LogP contribution in [0.5, 0.6) is 0 Å². The molecular weight excluding hydrogens is 1020 g/mol. The number of carbonyl (C=O) groups is 3. The first-order valence-corrected chi connectivity index (χ1v) is 34.3. The van der Waals surface area contributed by atoms with Crippen molar-refractivity contribution >= 4 is 25.7 Å². The van der Waals surface area contributed by atoms with Crippen LogP contribution in [-0.4, -0.2) is 66.5 Å². The van der Waals surface area contributed by atoms with Crippen LogP contribution in [0.25, 0.3) is 0 Å². The van der Waals surface area contributed by atoms with Gasteiger partial charge >= 0.3 is 25.7 Å². The molecule has 0 aromatic heterocycles. The van der Waals surface area contributed by atoms with Crippen molar-refractivity contribution in [3.8, 4) is 0 Å². The zero-order valence-corrected chi connectivity index (χ0v) is 52.4. The van der Waals surface area contributed by atoms with Crippen LogP contribution in [0.2, 0.25) is 0 Å². The molecule has 0 heterocycles. The van der Waals surface area contributed by atoms with Crippen LogP contribution in [0.3, 0.4) is 0 Å². The summed E-state index contributed by atoms with van der Waals surface area (Å²) in [6.45, 7) is 4.54. The molecule has 12 heteroatoms. The van der Waals surface area contributed by atoms with Crippen molar-refractivity contribution in [2.45, 2.75) is 315 Å². The van der Waals surface area contributed by atoms with Gasteiger partial charge in [0.15, 0.2) is 6.10 Å². The van der Waals surface area contributed by atoms with E-state index >= 15 is 0 Å². The summed E-state index contributed by atoms with van der Waals surface area (Å²) in [7, 11) is -4.76. The predicted molar refractivity (Wildman–Crippen MR) is 335 cm³/mol. The minimum Gasteiger partial charge on any atom is -0.462 e. The van der Waals surface area contributed by atoms with Gasteiger partial charge in [-0.3, -0.25) is 23.4 Å². The third-order valence-electron chi connectivity index (χ3n) is 14.1. The summed E-state index contributed by atoms with van der Waals surface area (Å²) in [5.74, 6) is -1.47. The van der Waals surface area contributed by atoms with Crippen molar-refractivity contribution in [3.05, 3.63) is 72.9 Å². The summed E-state index contributed by atoms with van der Waals surface area (Å²) in [4.78, 5) is 48.8. The van der Waals surface area contributed by atoms with E-state index in [1.54, 1.807) is 0 Å². The van der Waals surface area contributed by atoms with Gasteiger partial charge in [-0.1, -0.05) is 267 Å². The van der Waals surface area contributed by atoms with Crippen molar-refractivity contribution in [1.29, 1.82) is 0 Å². The summed E-state index contributed by atoms with van der Waals surface area (Å²) in [5, 5.41) is 9.86. The lowest BCUT2D eigenvalue weighted by molar-refractivity contribution is -0.161. The fourth-order valence-electron chi connectivity index (χ4n) is 9.14. The van der Waals surface area contributed by atoms with Gasteiger partial charge in [-0.2, -0.15) is 0 Å². The van der Waals surface area contributed by atoms with Gasteiger partial charge in [-0.15, -0.1) is 0 Å². The number of hydrogen-bond donors (Lipinski definition) is 2. The number of aliphatic hydroxyl groups is 1. The van der Waals surface area contributed by atoms with Crippen molar-refractivity contribution in [2.75, 3.05) is 26.4 Å². The van der Waals surface area contributed by atoms with Gasteiger partial charge in [0, 0.05) is 19.3 Å². The number of ether oxygens (including phenoxy) is 3. The molecule has 0 aliphatic rings. The molecule has 2 N–H and O–H groups in total. The van der Waals surface area contributed by atoms with Crippen LogP contribution in [0.15, 0.2) is 72.9 Å². The number of rotatable bonds is 61. The lowest BCUT2D eigenvalue weighted by atomic mass is 10.0. The molecule has 0 aliphatic carbocycles. The number of hydrogen-bond acceptors (Lipinski definition) is 10. The molecule has 0 aromatic carbocycles. The number of aliphatic hydroxyl groups excluding tert-OH is 1. The van der Waals surface area contributed by atoms with E-state index < -0.39 is 57.8 Å². The fraction of sp³-hybridized carbons (Fsp3) is 0.779. The quantitative estimate of drug-likeness (QED) is 0.0197. The molecule has 0 aliphatic heterocycles. The number of esters is 3. The number of carbonyl (C=O) groups excluding carboxylic acids is 3. The summed E-state index contributed by atoms with van der Waals surface area (Å²) >= 11 is 0. The predicted octanol–water partition coefficient (Wildman–Crippen LogP) is 20.0. The molecule has 0 radical (unpaired) electrons. The van der Waals surface area contributed by atoms with Gasteiger partial charge in [0.05, 0.1) is 19.8 Å². The van der Waals surface area contributed by atoms with E-state index in [0.29, 0.717) is 19.3 Å². The Kier molecular flexibility index (Phi) is 59.6. The SMILES string of the molecule is CC/C=C\C/C=C\C/C=C\C/C=C\CCCCCCCCC(=O)OC(COC(=O)CCCCCCCCC/C=C\C/C=C\CCCCC)COP(=O)(O)OCC(CO)OC(=O)CCCCCCCCCCCCCCCCCCC. The maximum Gasteiger partial charge on any atom is 0.472 e. The van der Waals surface area contributed by atoms with E-state index in [-0.39, 0.29) is 25.9 Å². The van der Waals surface area contributed by atoms with Crippen LogP contribution in [-0.2, 0) is 42.2 Å². The highest BCUT2D eigenvalue weighted by Gasteiger charge is 2.28. The monoisotopic (exact) mass is 1140 g/mol. The number of phosphoric acid groups is 1. The second-order valence-corrected chi connectivity index (χ2v) is 23.4.